The molecule has 1 aromatic heterocycles. The number of hydrogen-bond donors (Lipinski definition) is 2. The zero-order valence-electron chi connectivity index (χ0n) is 20.9. The predicted molar refractivity (Wildman–Crippen MR) is 128 cm³/mol. The second kappa shape index (κ2) is 10.9. The molecule has 212 valence electrons. The summed E-state index contributed by atoms with van der Waals surface area (Å²) in [6, 6.07) is 3.00. The Morgan fingerprint density at radius 3 is 2.67 bits per heavy atom. The molecule has 0 aliphatic carbocycles. The molecule has 2 aromatic rings. The first-order valence-electron chi connectivity index (χ1n) is 12.3. The quantitative estimate of drug-likeness (QED) is 0.350. The zero-order chi connectivity index (χ0) is 28.6. The fourth-order valence-corrected chi connectivity index (χ4v) is 5.24. The molecule has 3 aliphatic rings. The summed E-state index contributed by atoms with van der Waals surface area (Å²) >= 11 is 0. The lowest BCUT2D eigenvalue weighted by atomic mass is 10.1. The van der Waals surface area contributed by atoms with Crippen molar-refractivity contribution in [1.82, 2.24) is 19.7 Å². The number of fused-ring (bicyclic) bond motifs is 4. The first-order valence-corrected chi connectivity index (χ1v) is 12.3. The topological polar surface area (TPSA) is 157 Å². The van der Waals surface area contributed by atoms with Crippen molar-refractivity contribution in [2.75, 3.05) is 26.5 Å². The van der Waals surface area contributed by atoms with Crippen molar-refractivity contribution >= 4 is 23.9 Å². The molecule has 4 heterocycles. The number of hydrogen-bond acceptors (Lipinski definition) is 9. The standard InChI is InChI=1S/C25H24F2N4O9/c26-14-4-3-13(17(27)6-14)7-28-23(35)16-9-29-10-18-30-5-1-2-15(30)8-31(18)24(36)20(29)22(21(16)34)39-12-40-25(37)38-11-19(32)33/h3-4,6,9,15,18H,1-2,5,7-8,10-12H2,(H,28,35)(H,32,33). The Hall–Kier alpha value is -4.53. The first kappa shape index (κ1) is 27.1. The molecule has 5 rings (SSSR count). The number of aliphatic carboxylic acids is 1. The van der Waals surface area contributed by atoms with Gasteiger partial charge in [0.2, 0.25) is 18.0 Å². The van der Waals surface area contributed by atoms with Crippen LogP contribution < -0.4 is 15.5 Å². The maximum atomic E-state index is 14.0. The van der Waals surface area contributed by atoms with Gasteiger partial charge in [-0.1, -0.05) is 6.07 Å². The number of benzene rings is 1. The minimum Gasteiger partial charge on any atom is -0.479 e. The lowest BCUT2D eigenvalue weighted by Gasteiger charge is -2.36. The number of aromatic nitrogens is 1. The van der Waals surface area contributed by atoms with Crippen molar-refractivity contribution in [3.8, 4) is 5.75 Å². The number of carboxylic acids is 1. The molecule has 0 saturated carbocycles. The van der Waals surface area contributed by atoms with E-state index in [1.165, 1.54) is 10.8 Å². The Balaban J connectivity index is 1.42. The van der Waals surface area contributed by atoms with Gasteiger partial charge in [0.15, 0.2) is 12.3 Å². The lowest BCUT2D eigenvalue weighted by Crippen LogP contribution is -2.50. The van der Waals surface area contributed by atoms with Gasteiger partial charge in [0, 0.05) is 43.5 Å². The number of nitrogens with zero attached hydrogens (tertiary/aromatic N) is 3. The van der Waals surface area contributed by atoms with E-state index in [-0.39, 0.29) is 36.6 Å². The van der Waals surface area contributed by atoms with E-state index in [4.69, 9.17) is 9.84 Å². The molecule has 15 heteroatoms. The molecule has 2 saturated heterocycles. The molecule has 13 nitrogen and oxygen atoms in total. The molecule has 2 N–H and O–H groups in total. The number of carbonyl (C=O) groups is 4. The van der Waals surface area contributed by atoms with Crippen molar-refractivity contribution in [2.45, 2.75) is 38.1 Å². The van der Waals surface area contributed by atoms with E-state index >= 15 is 0 Å². The Morgan fingerprint density at radius 2 is 1.93 bits per heavy atom. The van der Waals surface area contributed by atoms with Crippen LogP contribution in [0.3, 0.4) is 0 Å². The fourth-order valence-electron chi connectivity index (χ4n) is 5.24. The number of carbonyl (C=O) groups excluding carboxylic acids is 3. The van der Waals surface area contributed by atoms with Gasteiger partial charge < -0.3 is 34.1 Å². The van der Waals surface area contributed by atoms with E-state index in [0.717, 1.165) is 31.5 Å². The maximum absolute atomic E-state index is 14.0. The summed E-state index contributed by atoms with van der Waals surface area (Å²) in [6.45, 7) is -0.762. The van der Waals surface area contributed by atoms with Crippen LogP contribution in [0, 0.1) is 11.6 Å². The molecule has 0 bridgehead atoms. The molecule has 2 amide bonds. The fraction of sp³-hybridized carbons (Fsp3) is 0.400. The van der Waals surface area contributed by atoms with Gasteiger partial charge in [-0.25, -0.2) is 18.4 Å². The van der Waals surface area contributed by atoms with E-state index in [9.17, 15) is 32.8 Å². The highest BCUT2D eigenvalue weighted by Gasteiger charge is 2.48. The average molecular weight is 562 g/mol. The Labute approximate surface area is 224 Å². The molecule has 0 radical (unpaired) electrons. The number of amides is 2. The van der Waals surface area contributed by atoms with Crippen LogP contribution in [0.4, 0.5) is 13.6 Å². The molecule has 2 fully saturated rings. The predicted octanol–water partition coefficient (Wildman–Crippen LogP) is 0.890. The summed E-state index contributed by atoms with van der Waals surface area (Å²) in [5.41, 5.74) is -1.58. The highest BCUT2D eigenvalue weighted by molar-refractivity contribution is 5.99. The van der Waals surface area contributed by atoms with Crippen LogP contribution in [-0.2, 0) is 27.4 Å². The minimum atomic E-state index is -1.42. The van der Waals surface area contributed by atoms with Crippen molar-refractivity contribution in [1.29, 1.82) is 0 Å². The van der Waals surface area contributed by atoms with Crippen molar-refractivity contribution < 1.29 is 47.3 Å². The van der Waals surface area contributed by atoms with Gasteiger partial charge in [-0.15, -0.1) is 0 Å². The molecular formula is C25H24F2N4O9. The maximum Gasteiger partial charge on any atom is 0.511 e. The highest BCUT2D eigenvalue weighted by atomic mass is 19.1. The van der Waals surface area contributed by atoms with Gasteiger partial charge in [-0.2, -0.15) is 0 Å². The first-order chi connectivity index (χ1) is 19.1. The molecule has 3 aliphatic heterocycles. The van der Waals surface area contributed by atoms with E-state index in [1.807, 2.05) is 0 Å². The van der Waals surface area contributed by atoms with Crippen molar-refractivity contribution in [2.24, 2.45) is 0 Å². The molecule has 2 atom stereocenters. The zero-order valence-corrected chi connectivity index (χ0v) is 20.9. The van der Waals surface area contributed by atoms with Crippen LogP contribution >= 0.6 is 0 Å². The van der Waals surface area contributed by atoms with Crippen LogP contribution in [0.1, 0.15) is 39.3 Å². The van der Waals surface area contributed by atoms with Gasteiger partial charge in [-0.3, -0.25) is 19.3 Å². The Bertz CT molecular complexity index is 1450. The summed E-state index contributed by atoms with van der Waals surface area (Å²) in [6.07, 6.45) is 1.43. The van der Waals surface area contributed by atoms with Gasteiger partial charge >= 0.3 is 12.1 Å². The molecule has 1 aromatic carbocycles. The van der Waals surface area contributed by atoms with Crippen LogP contribution in [0.25, 0.3) is 0 Å². The Kier molecular flexibility index (Phi) is 7.38. The number of carboxylic acid groups (broad SMARTS) is 1. The summed E-state index contributed by atoms with van der Waals surface area (Å²) in [4.78, 5) is 65.9. The normalized spacial score (nSPS) is 19.4. The number of rotatable bonds is 8. The van der Waals surface area contributed by atoms with E-state index in [1.54, 1.807) is 4.90 Å². The average Bonchev–Trinajstić information content (AvgIpc) is 3.50. The molecule has 40 heavy (non-hydrogen) atoms. The second-order valence-corrected chi connectivity index (χ2v) is 9.43. The molecular weight excluding hydrogens is 538 g/mol. The van der Waals surface area contributed by atoms with Crippen LogP contribution in [0.5, 0.6) is 5.75 Å². The summed E-state index contributed by atoms with van der Waals surface area (Å²) in [7, 11) is 0. The molecule has 2 unspecified atom stereocenters. The SMILES string of the molecule is O=C(O)COC(=O)OCOc1c2n(cc(C(=O)NCc3ccc(F)cc3F)c1=O)CC1N(CC3CCCN31)C2=O. The van der Waals surface area contributed by atoms with Gasteiger partial charge in [0.25, 0.3) is 11.8 Å². The smallest absolute Gasteiger partial charge is 0.479 e. The van der Waals surface area contributed by atoms with Crippen LogP contribution in [0.2, 0.25) is 0 Å². The van der Waals surface area contributed by atoms with E-state index < -0.39 is 65.7 Å². The van der Waals surface area contributed by atoms with E-state index in [0.29, 0.717) is 12.6 Å². The summed E-state index contributed by atoms with van der Waals surface area (Å²) in [5.74, 6) is -5.06. The number of ether oxygens (including phenoxy) is 3. The number of nitrogens with one attached hydrogen (secondary N) is 1. The highest BCUT2D eigenvalue weighted by Crippen LogP contribution is 2.35. The summed E-state index contributed by atoms with van der Waals surface area (Å²) < 4.78 is 43.0. The van der Waals surface area contributed by atoms with Gasteiger partial charge in [0.05, 0.1) is 6.54 Å². The minimum absolute atomic E-state index is 0.0191. The number of halogens is 2. The number of pyridine rings is 1. The van der Waals surface area contributed by atoms with Crippen molar-refractivity contribution in [3.05, 3.63) is 63.1 Å². The van der Waals surface area contributed by atoms with Crippen LogP contribution in [0.15, 0.2) is 29.2 Å². The van der Waals surface area contributed by atoms with E-state index in [2.05, 4.69) is 19.7 Å². The third-order valence-corrected chi connectivity index (χ3v) is 7.03. The molecule has 0 spiro atoms. The van der Waals surface area contributed by atoms with Gasteiger partial charge in [-0.05, 0) is 18.9 Å². The second-order valence-electron chi connectivity index (χ2n) is 9.43. The Morgan fingerprint density at radius 1 is 1.12 bits per heavy atom. The summed E-state index contributed by atoms with van der Waals surface area (Å²) in [5, 5.41) is 11.0. The van der Waals surface area contributed by atoms with Crippen molar-refractivity contribution in [3.63, 3.8) is 0 Å². The van der Waals surface area contributed by atoms with Crippen LogP contribution in [-0.4, -0.2) is 82.1 Å². The lowest BCUT2D eigenvalue weighted by molar-refractivity contribution is -0.141. The third kappa shape index (κ3) is 5.19. The third-order valence-electron chi connectivity index (χ3n) is 7.03. The monoisotopic (exact) mass is 562 g/mol. The largest absolute Gasteiger partial charge is 0.511 e. The van der Waals surface area contributed by atoms with Gasteiger partial charge in [0.1, 0.15) is 23.4 Å².